The molecule has 0 spiro atoms. The normalized spacial score (nSPS) is 11.5. The third kappa shape index (κ3) is 4.24. The molecule has 7 heteroatoms. The number of hydrogen-bond donors (Lipinski definition) is 1. The molecule has 3 aromatic carbocycles. The number of para-hydroxylation sites is 1. The molecule has 4 rings (SSSR count). The van der Waals surface area contributed by atoms with Crippen LogP contribution in [0.3, 0.4) is 0 Å². The van der Waals surface area contributed by atoms with Crippen LogP contribution in [0.2, 0.25) is 0 Å². The number of rotatable bonds is 5. The summed E-state index contributed by atoms with van der Waals surface area (Å²) in [7, 11) is 0. The van der Waals surface area contributed by atoms with E-state index in [2.05, 4.69) is 25.6 Å². The topological polar surface area (TPSA) is 87.2 Å². The number of aromatic nitrogens is 2. The Balaban J connectivity index is 1.52. The first-order valence-electron chi connectivity index (χ1n) is 9.06. The zero-order chi connectivity index (χ0) is 20.1. The SMILES string of the molecule is Cc1[nH]n(-c2ccccc2)c(=O)c1N=Nc1ccc(N=Nc2ccccc2)cc1. The van der Waals surface area contributed by atoms with E-state index in [9.17, 15) is 4.79 Å². The van der Waals surface area contributed by atoms with Crippen molar-refractivity contribution in [2.75, 3.05) is 0 Å². The van der Waals surface area contributed by atoms with Crippen molar-refractivity contribution in [2.24, 2.45) is 20.5 Å². The van der Waals surface area contributed by atoms with Gasteiger partial charge in [0.2, 0.25) is 0 Å². The summed E-state index contributed by atoms with van der Waals surface area (Å²) in [4.78, 5) is 12.6. The summed E-state index contributed by atoms with van der Waals surface area (Å²) in [6, 6.07) is 26.0. The van der Waals surface area contributed by atoms with Gasteiger partial charge in [-0.2, -0.15) is 15.3 Å². The van der Waals surface area contributed by atoms with E-state index in [1.807, 2.05) is 60.7 Å². The second-order valence-corrected chi connectivity index (χ2v) is 6.31. The van der Waals surface area contributed by atoms with Crippen LogP contribution in [0.15, 0.2) is 110 Å². The lowest BCUT2D eigenvalue weighted by Gasteiger charge is -1.99. The van der Waals surface area contributed by atoms with Crippen molar-refractivity contribution < 1.29 is 0 Å². The molecule has 0 saturated carbocycles. The molecule has 142 valence electrons. The lowest BCUT2D eigenvalue weighted by Crippen LogP contribution is -2.13. The average molecular weight is 382 g/mol. The lowest BCUT2D eigenvalue weighted by atomic mass is 10.3. The quantitative estimate of drug-likeness (QED) is 0.403. The van der Waals surface area contributed by atoms with Crippen LogP contribution in [0.25, 0.3) is 5.69 Å². The highest BCUT2D eigenvalue weighted by Crippen LogP contribution is 2.23. The van der Waals surface area contributed by atoms with Gasteiger partial charge in [0.25, 0.3) is 5.56 Å². The van der Waals surface area contributed by atoms with Gasteiger partial charge in [-0.1, -0.05) is 36.4 Å². The Morgan fingerprint density at radius 2 is 1.14 bits per heavy atom. The Morgan fingerprint density at radius 1 is 0.655 bits per heavy atom. The number of aromatic amines is 1. The van der Waals surface area contributed by atoms with Crippen LogP contribution in [0.1, 0.15) is 5.69 Å². The summed E-state index contributed by atoms with van der Waals surface area (Å²) in [5.41, 5.74) is 3.54. The summed E-state index contributed by atoms with van der Waals surface area (Å²) < 4.78 is 1.46. The van der Waals surface area contributed by atoms with Crippen LogP contribution in [0.4, 0.5) is 22.7 Å². The van der Waals surface area contributed by atoms with Crippen molar-refractivity contribution in [1.29, 1.82) is 0 Å². The molecule has 0 saturated heterocycles. The monoisotopic (exact) mass is 382 g/mol. The first-order valence-corrected chi connectivity index (χ1v) is 9.06. The molecule has 0 aliphatic rings. The average Bonchev–Trinajstić information content (AvgIpc) is 3.06. The summed E-state index contributed by atoms with van der Waals surface area (Å²) in [5, 5.41) is 19.7. The van der Waals surface area contributed by atoms with Crippen molar-refractivity contribution in [3.63, 3.8) is 0 Å². The summed E-state index contributed by atoms with van der Waals surface area (Å²) in [6.07, 6.45) is 0. The number of azo groups is 2. The fraction of sp³-hybridized carbons (Fsp3) is 0.0455. The highest BCUT2D eigenvalue weighted by molar-refractivity contribution is 5.49. The van der Waals surface area contributed by atoms with Gasteiger partial charge in [0.15, 0.2) is 5.69 Å². The molecule has 0 amide bonds. The van der Waals surface area contributed by atoms with Crippen molar-refractivity contribution in [2.45, 2.75) is 6.92 Å². The molecular weight excluding hydrogens is 364 g/mol. The number of nitrogens with one attached hydrogen (secondary N) is 1. The highest BCUT2D eigenvalue weighted by atomic mass is 16.1. The molecule has 29 heavy (non-hydrogen) atoms. The van der Waals surface area contributed by atoms with E-state index in [4.69, 9.17) is 0 Å². The van der Waals surface area contributed by atoms with E-state index in [0.717, 1.165) is 11.4 Å². The molecular formula is C22H18N6O. The van der Waals surface area contributed by atoms with E-state index in [0.29, 0.717) is 17.1 Å². The van der Waals surface area contributed by atoms with Gasteiger partial charge >= 0.3 is 0 Å². The molecule has 1 N–H and O–H groups in total. The van der Waals surface area contributed by atoms with Gasteiger partial charge in [0.1, 0.15) is 0 Å². The van der Waals surface area contributed by atoms with Crippen LogP contribution in [0.5, 0.6) is 0 Å². The summed E-state index contributed by atoms with van der Waals surface area (Å²) in [5.74, 6) is 0. The van der Waals surface area contributed by atoms with Gasteiger partial charge in [0.05, 0.1) is 28.4 Å². The van der Waals surface area contributed by atoms with Gasteiger partial charge in [-0.3, -0.25) is 9.89 Å². The predicted octanol–water partition coefficient (Wildman–Crippen LogP) is 6.30. The molecule has 1 aromatic heterocycles. The Labute approximate surface area is 167 Å². The molecule has 0 bridgehead atoms. The zero-order valence-corrected chi connectivity index (χ0v) is 15.7. The van der Waals surface area contributed by atoms with Crippen LogP contribution in [0, 0.1) is 6.92 Å². The maximum Gasteiger partial charge on any atom is 0.299 e. The Bertz CT molecular complexity index is 1210. The molecule has 0 atom stereocenters. The summed E-state index contributed by atoms with van der Waals surface area (Å²) >= 11 is 0. The molecule has 0 unspecified atom stereocenters. The third-order valence-corrected chi connectivity index (χ3v) is 4.21. The molecule has 7 nitrogen and oxygen atoms in total. The minimum absolute atomic E-state index is 0.245. The Hall–Kier alpha value is -4.13. The van der Waals surface area contributed by atoms with Crippen molar-refractivity contribution in [3.05, 3.63) is 101 Å². The molecule has 0 aliphatic carbocycles. The first kappa shape index (κ1) is 18.2. The fourth-order valence-corrected chi connectivity index (χ4v) is 2.72. The van der Waals surface area contributed by atoms with Gasteiger partial charge < -0.3 is 0 Å². The smallest absolute Gasteiger partial charge is 0.293 e. The number of benzene rings is 3. The van der Waals surface area contributed by atoms with Gasteiger partial charge in [-0.25, -0.2) is 4.68 Å². The van der Waals surface area contributed by atoms with Crippen molar-refractivity contribution in [3.8, 4) is 5.69 Å². The molecule has 0 aliphatic heterocycles. The van der Waals surface area contributed by atoms with Crippen molar-refractivity contribution in [1.82, 2.24) is 9.78 Å². The van der Waals surface area contributed by atoms with Gasteiger partial charge in [-0.05, 0) is 55.5 Å². The van der Waals surface area contributed by atoms with Crippen molar-refractivity contribution >= 4 is 22.7 Å². The van der Waals surface area contributed by atoms with E-state index < -0.39 is 0 Å². The maximum atomic E-state index is 12.6. The van der Waals surface area contributed by atoms with E-state index in [-0.39, 0.29) is 11.2 Å². The predicted molar refractivity (Wildman–Crippen MR) is 112 cm³/mol. The number of H-pyrrole nitrogens is 1. The molecule has 4 aromatic rings. The minimum atomic E-state index is -0.245. The highest BCUT2D eigenvalue weighted by Gasteiger charge is 2.11. The number of nitrogens with zero attached hydrogens (tertiary/aromatic N) is 5. The largest absolute Gasteiger partial charge is 0.299 e. The van der Waals surface area contributed by atoms with Gasteiger partial charge in [-0.15, -0.1) is 5.11 Å². The molecule has 0 fully saturated rings. The Kier molecular flexibility index (Phi) is 5.20. The maximum absolute atomic E-state index is 12.6. The zero-order valence-electron chi connectivity index (χ0n) is 15.7. The molecule has 1 heterocycles. The Morgan fingerprint density at radius 3 is 1.72 bits per heavy atom. The van der Waals surface area contributed by atoms with Gasteiger partial charge in [0, 0.05) is 0 Å². The van der Waals surface area contributed by atoms with Crippen LogP contribution in [-0.2, 0) is 0 Å². The summed E-state index contributed by atoms with van der Waals surface area (Å²) in [6.45, 7) is 1.79. The number of aryl methyl sites for hydroxylation is 1. The van der Waals surface area contributed by atoms with Crippen LogP contribution in [-0.4, -0.2) is 9.78 Å². The third-order valence-electron chi connectivity index (χ3n) is 4.21. The minimum Gasteiger partial charge on any atom is -0.293 e. The second-order valence-electron chi connectivity index (χ2n) is 6.31. The number of hydrogen-bond acceptors (Lipinski definition) is 5. The molecule has 0 radical (unpaired) electrons. The second kappa shape index (κ2) is 8.26. The van der Waals surface area contributed by atoms with E-state index in [1.165, 1.54) is 4.68 Å². The van der Waals surface area contributed by atoms with Crippen LogP contribution >= 0.6 is 0 Å². The fourth-order valence-electron chi connectivity index (χ4n) is 2.72. The first-order chi connectivity index (χ1) is 14.2. The lowest BCUT2D eigenvalue weighted by molar-refractivity contribution is 0.835. The standard InChI is InChI=1S/C22H18N6O/c1-16-21(22(29)28(27-16)20-10-6-3-7-11-20)26-25-19-14-12-18(13-15-19)24-23-17-8-4-2-5-9-17/h2-15,27H,1H3. The van der Waals surface area contributed by atoms with E-state index >= 15 is 0 Å². The van der Waals surface area contributed by atoms with Crippen LogP contribution < -0.4 is 5.56 Å². The van der Waals surface area contributed by atoms with E-state index in [1.54, 1.807) is 31.2 Å².